The van der Waals surface area contributed by atoms with Gasteiger partial charge in [-0.3, -0.25) is 14.0 Å². The average Bonchev–Trinajstić information content (AvgIpc) is 2.88. The first-order valence-electron chi connectivity index (χ1n) is 7.25. The van der Waals surface area contributed by atoms with Crippen LogP contribution in [0, 0.1) is 0 Å². The molecule has 0 aliphatic carbocycles. The molecule has 8 heteroatoms. The molecule has 1 aliphatic rings. The highest BCUT2D eigenvalue weighted by molar-refractivity contribution is 7.15. The number of thiazole rings is 1. The van der Waals surface area contributed by atoms with Crippen LogP contribution >= 0.6 is 11.3 Å². The lowest BCUT2D eigenvalue weighted by Crippen LogP contribution is -2.44. The molecule has 1 fully saturated rings. The van der Waals surface area contributed by atoms with Gasteiger partial charge in [-0.2, -0.15) is 0 Å². The van der Waals surface area contributed by atoms with Crippen LogP contribution in [-0.2, 0) is 0 Å². The van der Waals surface area contributed by atoms with E-state index in [-0.39, 0.29) is 12.1 Å². The maximum Gasteiger partial charge on any atom is 0.271 e. The van der Waals surface area contributed by atoms with Crippen molar-refractivity contribution in [2.75, 3.05) is 19.6 Å². The van der Waals surface area contributed by atoms with Crippen molar-refractivity contribution in [2.45, 2.75) is 24.9 Å². The highest BCUT2D eigenvalue weighted by atomic mass is 32.1. The van der Waals surface area contributed by atoms with Gasteiger partial charge in [-0.05, 0) is 32.4 Å². The summed E-state index contributed by atoms with van der Waals surface area (Å²) in [5.41, 5.74) is -1.32. The molecule has 0 aromatic carbocycles. The number of fused-ring (bicyclic) bond motifs is 1. The predicted molar refractivity (Wildman–Crippen MR) is 83.3 cm³/mol. The van der Waals surface area contributed by atoms with Gasteiger partial charge in [0, 0.05) is 24.3 Å². The van der Waals surface area contributed by atoms with Crippen molar-refractivity contribution in [1.29, 1.82) is 0 Å². The summed E-state index contributed by atoms with van der Waals surface area (Å²) in [7, 11) is 0. The van der Waals surface area contributed by atoms with Crippen LogP contribution in [0.25, 0.3) is 4.96 Å². The fourth-order valence-corrected chi connectivity index (χ4v) is 3.29. The molecule has 118 valence electrons. The van der Waals surface area contributed by atoms with E-state index in [0.717, 1.165) is 19.5 Å². The van der Waals surface area contributed by atoms with Gasteiger partial charge in [-0.25, -0.2) is 4.98 Å². The zero-order valence-electron chi connectivity index (χ0n) is 12.0. The molecule has 0 bridgehead atoms. The first-order valence-corrected chi connectivity index (χ1v) is 8.13. The van der Waals surface area contributed by atoms with Crippen LogP contribution in [0.2, 0.25) is 0 Å². The third kappa shape index (κ3) is 3.03. The van der Waals surface area contributed by atoms with Crippen LogP contribution in [0.1, 0.15) is 29.6 Å². The van der Waals surface area contributed by atoms with E-state index in [2.05, 4.69) is 15.6 Å². The van der Waals surface area contributed by atoms with Crippen molar-refractivity contribution in [3.05, 3.63) is 33.7 Å². The number of rotatable bonds is 3. The lowest BCUT2D eigenvalue weighted by molar-refractivity contribution is 0.0275. The first-order chi connectivity index (χ1) is 10.6. The fourth-order valence-electron chi connectivity index (χ4n) is 2.61. The number of carbonyl (C=O) groups excluding carboxylic acids is 1. The van der Waals surface area contributed by atoms with Crippen LogP contribution in [0.3, 0.4) is 0 Å². The Hall–Kier alpha value is -1.77. The van der Waals surface area contributed by atoms with Crippen LogP contribution in [0.5, 0.6) is 0 Å². The SMILES string of the molecule is O=C(NC[C@@]1(O)CCCNCC1)c1cnc2sccn2c1=O. The molecular formula is C14H18N4O3S. The van der Waals surface area contributed by atoms with Gasteiger partial charge < -0.3 is 15.7 Å². The van der Waals surface area contributed by atoms with Gasteiger partial charge in [0.2, 0.25) is 0 Å². The zero-order chi connectivity index (χ0) is 15.6. The molecule has 0 spiro atoms. The Bertz CT molecular complexity index is 731. The maximum absolute atomic E-state index is 12.2. The predicted octanol–water partition coefficient (Wildman–Crippen LogP) is -0.00960. The first kappa shape index (κ1) is 15.1. The summed E-state index contributed by atoms with van der Waals surface area (Å²) in [6.45, 7) is 1.73. The summed E-state index contributed by atoms with van der Waals surface area (Å²) >= 11 is 1.33. The Kier molecular flexibility index (Phi) is 4.23. The van der Waals surface area contributed by atoms with Gasteiger partial charge in [0.25, 0.3) is 11.5 Å². The monoisotopic (exact) mass is 322 g/mol. The van der Waals surface area contributed by atoms with E-state index in [4.69, 9.17) is 0 Å². The van der Waals surface area contributed by atoms with Crippen LogP contribution < -0.4 is 16.2 Å². The summed E-state index contributed by atoms with van der Waals surface area (Å²) in [4.78, 5) is 29.1. The Morgan fingerprint density at radius 2 is 2.36 bits per heavy atom. The number of aliphatic hydroxyl groups is 1. The highest BCUT2D eigenvalue weighted by Gasteiger charge is 2.28. The number of nitrogens with one attached hydrogen (secondary N) is 2. The third-order valence-corrected chi connectivity index (χ3v) is 4.70. The smallest absolute Gasteiger partial charge is 0.271 e. The van der Waals surface area contributed by atoms with Crippen molar-refractivity contribution in [1.82, 2.24) is 20.0 Å². The van der Waals surface area contributed by atoms with E-state index in [0.29, 0.717) is 17.8 Å². The van der Waals surface area contributed by atoms with E-state index < -0.39 is 17.1 Å². The zero-order valence-corrected chi connectivity index (χ0v) is 12.9. The lowest BCUT2D eigenvalue weighted by Gasteiger charge is -2.26. The lowest BCUT2D eigenvalue weighted by atomic mass is 9.95. The Morgan fingerprint density at radius 1 is 1.50 bits per heavy atom. The molecule has 0 saturated carbocycles. The van der Waals surface area contributed by atoms with Gasteiger partial charge >= 0.3 is 0 Å². The van der Waals surface area contributed by atoms with Crippen molar-refractivity contribution >= 4 is 22.2 Å². The second-order valence-corrected chi connectivity index (χ2v) is 6.42. The molecule has 3 N–H and O–H groups in total. The number of hydrogen-bond donors (Lipinski definition) is 3. The molecule has 0 unspecified atom stereocenters. The summed E-state index contributed by atoms with van der Waals surface area (Å²) in [6, 6.07) is 0. The number of hydrogen-bond acceptors (Lipinski definition) is 6. The molecule has 2 aromatic heterocycles. The van der Waals surface area contributed by atoms with Gasteiger partial charge in [0.15, 0.2) is 4.96 Å². The van der Waals surface area contributed by atoms with Gasteiger partial charge in [-0.15, -0.1) is 11.3 Å². The molecule has 2 aromatic rings. The van der Waals surface area contributed by atoms with Crippen molar-refractivity contribution in [3.8, 4) is 0 Å². The topological polar surface area (TPSA) is 95.7 Å². The highest BCUT2D eigenvalue weighted by Crippen LogP contribution is 2.18. The molecule has 1 amide bonds. The molecule has 3 heterocycles. The normalized spacial score (nSPS) is 22.4. The molecular weight excluding hydrogens is 304 g/mol. The van der Waals surface area contributed by atoms with Gasteiger partial charge in [0.05, 0.1) is 5.60 Å². The summed E-state index contributed by atoms with van der Waals surface area (Å²) in [5.74, 6) is -0.497. The molecule has 7 nitrogen and oxygen atoms in total. The summed E-state index contributed by atoms with van der Waals surface area (Å²) < 4.78 is 1.35. The fraction of sp³-hybridized carbons (Fsp3) is 0.500. The largest absolute Gasteiger partial charge is 0.388 e. The van der Waals surface area contributed by atoms with E-state index in [1.165, 1.54) is 21.9 Å². The summed E-state index contributed by atoms with van der Waals surface area (Å²) in [6.07, 6.45) is 4.95. The average molecular weight is 322 g/mol. The van der Waals surface area contributed by atoms with Crippen molar-refractivity contribution in [3.63, 3.8) is 0 Å². The molecule has 1 aliphatic heterocycles. The minimum absolute atomic E-state index is 0.00810. The van der Waals surface area contributed by atoms with Crippen molar-refractivity contribution in [2.24, 2.45) is 0 Å². The number of carbonyl (C=O) groups is 1. The van der Waals surface area contributed by atoms with Crippen LogP contribution in [-0.4, -0.2) is 45.6 Å². The van der Waals surface area contributed by atoms with Crippen LogP contribution in [0.15, 0.2) is 22.6 Å². The Balaban J connectivity index is 1.73. The minimum Gasteiger partial charge on any atom is -0.388 e. The molecule has 22 heavy (non-hydrogen) atoms. The van der Waals surface area contributed by atoms with E-state index in [1.807, 2.05) is 0 Å². The van der Waals surface area contributed by atoms with E-state index >= 15 is 0 Å². The standard InChI is InChI=1S/C14H18N4O3S/c19-11(17-9-14(21)2-1-4-15-5-3-14)10-8-16-13-18(12(10)20)6-7-22-13/h6-8,15,21H,1-5,9H2,(H,17,19)/t14-/m1/s1. The Morgan fingerprint density at radius 3 is 3.23 bits per heavy atom. The van der Waals surface area contributed by atoms with Gasteiger partial charge in [0.1, 0.15) is 5.56 Å². The molecule has 0 radical (unpaired) electrons. The molecule has 1 atom stereocenters. The van der Waals surface area contributed by atoms with E-state index in [9.17, 15) is 14.7 Å². The Labute approximate surface area is 131 Å². The van der Waals surface area contributed by atoms with Crippen molar-refractivity contribution < 1.29 is 9.90 Å². The van der Waals surface area contributed by atoms with Gasteiger partial charge in [-0.1, -0.05) is 0 Å². The number of nitrogens with zero attached hydrogens (tertiary/aromatic N) is 2. The number of aromatic nitrogens is 2. The third-order valence-electron chi connectivity index (χ3n) is 3.93. The number of amides is 1. The second-order valence-electron chi connectivity index (χ2n) is 5.54. The molecule has 3 rings (SSSR count). The quantitative estimate of drug-likeness (QED) is 0.739. The summed E-state index contributed by atoms with van der Waals surface area (Å²) in [5, 5.41) is 18.1. The second kappa shape index (κ2) is 6.15. The van der Waals surface area contributed by atoms with E-state index in [1.54, 1.807) is 11.6 Å². The maximum atomic E-state index is 12.2. The molecule has 1 saturated heterocycles. The van der Waals surface area contributed by atoms with Crippen LogP contribution in [0.4, 0.5) is 0 Å². The minimum atomic E-state index is -0.921.